The normalized spacial score (nSPS) is 15.1. The van der Waals surface area contributed by atoms with Crippen LogP contribution < -0.4 is 5.32 Å². The first-order valence-electron chi connectivity index (χ1n) is 7.22. The van der Waals surface area contributed by atoms with Gasteiger partial charge >= 0.3 is 0 Å². The van der Waals surface area contributed by atoms with Crippen LogP contribution in [0, 0.1) is 5.41 Å². The summed E-state index contributed by atoms with van der Waals surface area (Å²) in [6, 6.07) is -0.339. The van der Waals surface area contributed by atoms with Crippen molar-refractivity contribution in [2.24, 2.45) is 5.41 Å². The molecule has 0 saturated carbocycles. The molecule has 0 aliphatic rings. The van der Waals surface area contributed by atoms with Crippen molar-refractivity contribution >= 4 is 24.2 Å². The maximum atomic E-state index is 12.5. The number of hydrogen-bond donors (Lipinski definition) is 2. The van der Waals surface area contributed by atoms with Gasteiger partial charge in [-0.15, -0.1) is 0 Å². The molecule has 1 N–H and O–H groups in total. The smallest absolute Gasteiger partial charge is 0.164 e. The summed E-state index contributed by atoms with van der Waals surface area (Å²) >= 11 is 4.37. The monoisotopic (exact) mass is 301 g/mol. The van der Waals surface area contributed by atoms with Crippen LogP contribution in [-0.2, 0) is 9.59 Å². The van der Waals surface area contributed by atoms with Crippen LogP contribution in [0.1, 0.15) is 68.2 Å². The zero-order valence-corrected chi connectivity index (χ0v) is 15.1. The Morgan fingerprint density at radius 1 is 1.00 bits per heavy atom. The molecular formula is C16H31NO2S. The van der Waals surface area contributed by atoms with Crippen LogP contribution in [0.5, 0.6) is 0 Å². The van der Waals surface area contributed by atoms with Crippen LogP contribution in [-0.4, -0.2) is 27.9 Å². The molecule has 0 aromatic rings. The van der Waals surface area contributed by atoms with E-state index in [1.165, 1.54) is 0 Å². The Morgan fingerprint density at radius 3 is 1.75 bits per heavy atom. The summed E-state index contributed by atoms with van der Waals surface area (Å²) in [6.07, 6.45) is 0.934. The molecule has 0 amide bonds. The molecule has 0 bridgehead atoms. The fourth-order valence-electron chi connectivity index (χ4n) is 1.87. The quantitative estimate of drug-likeness (QED) is 0.739. The molecule has 3 nitrogen and oxygen atoms in total. The standard InChI is InChI=1S/C16H31NO2S/c1-14(2,3)12(18)10-9-11(17-15(4,5)6)13(19)16(7,8)20/h11,17,20H,9-10H2,1-8H3/t11-/m0/s1. The largest absolute Gasteiger partial charge is 0.303 e. The molecule has 0 aromatic carbocycles. The summed E-state index contributed by atoms with van der Waals surface area (Å²) in [5.74, 6) is 0.223. The summed E-state index contributed by atoms with van der Waals surface area (Å²) in [7, 11) is 0. The maximum Gasteiger partial charge on any atom is 0.164 e. The molecule has 118 valence electrons. The number of carbonyl (C=O) groups excluding carboxylic acids is 2. The van der Waals surface area contributed by atoms with E-state index in [0.717, 1.165) is 0 Å². The van der Waals surface area contributed by atoms with Crippen LogP contribution in [0.3, 0.4) is 0 Å². The summed E-state index contributed by atoms with van der Waals surface area (Å²) in [5.41, 5.74) is -0.532. The molecular weight excluding hydrogens is 270 g/mol. The lowest BCUT2D eigenvalue weighted by Crippen LogP contribution is -2.52. The number of rotatable bonds is 6. The topological polar surface area (TPSA) is 46.2 Å². The average molecular weight is 301 g/mol. The number of carbonyl (C=O) groups is 2. The fourth-order valence-corrected chi connectivity index (χ4v) is 2.02. The molecule has 0 aromatic heterocycles. The summed E-state index contributed by atoms with van der Waals surface area (Å²) in [5, 5.41) is 3.32. The molecule has 0 spiro atoms. The maximum absolute atomic E-state index is 12.5. The number of ketones is 2. The number of nitrogens with one attached hydrogen (secondary N) is 1. The van der Waals surface area contributed by atoms with Gasteiger partial charge in [-0.25, -0.2) is 0 Å². The fraction of sp³-hybridized carbons (Fsp3) is 0.875. The summed E-state index contributed by atoms with van der Waals surface area (Å²) in [6.45, 7) is 15.4. The molecule has 0 unspecified atom stereocenters. The van der Waals surface area contributed by atoms with Gasteiger partial charge in [-0.2, -0.15) is 12.6 Å². The number of Topliss-reactive ketones (excluding diaryl/α,β-unsaturated/α-hetero) is 2. The van der Waals surface area contributed by atoms with E-state index in [0.29, 0.717) is 12.8 Å². The van der Waals surface area contributed by atoms with Gasteiger partial charge in [-0.05, 0) is 41.0 Å². The zero-order valence-electron chi connectivity index (χ0n) is 14.3. The van der Waals surface area contributed by atoms with E-state index < -0.39 is 4.75 Å². The van der Waals surface area contributed by atoms with E-state index in [-0.39, 0.29) is 28.6 Å². The highest BCUT2D eigenvalue weighted by atomic mass is 32.1. The van der Waals surface area contributed by atoms with Crippen LogP contribution in [0.25, 0.3) is 0 Å². The predicted molar refractivity (Wildman–Crippen MR) is 88.4 cm³/mol. The van der Waals surface area contributed by atoms with Gasteiger partial charge in [-0.3, -0.25) is 9.59 Å². The van der Waals surface area contributed by atoms with Crippen molar-refractivity contribution < 1.29 is 9.59 Å². The Labute approximate surface area is 129 Å². The van der Waals surface area contributed by atoms with E-state index in [1.807, 2.05) is 41.5 Å². The van der Waals surface area contributed by atoms with Gasteiger partial charge in [0.25, 0.3) is 0 Å². The molecule has 0 fully saturated rings. The van der Waals surface area contributed by atoms with Crippen molar-refractivity contribution in [2.45, 2.75) is 84.6 Å². The Balaban J connectivity index is 4.90. The van der Waals surface area contributed by atoms with Crippen molar-refractivity contribution in [3.8, 4) is 0 Å². The Bertz CT molecular complexity index is 356. The van der Waals surface area contributed by atoms with Crippen molar-refractivity contribution in [1.29, 1.82) is 0 Å². The Kier molecular flexibility index (Phi) is 6.49. The van der Waals surface area contributed by atoms with Gasteiger partial charge in [-0.1, -0.05) is 20.8 Å². The highest BCUT2D eigenvalue weighted by Crippen LogP contribution is 2.22. The predicted octanol–water partition coefficient (Wildman–Crippen LogP) is 3.42. The summed E-state index contributed by atoms with van der Waals surface area (Å²) < 4.78 is -0.701. The summed E-state index contributed by atoms with van der Waals surface area (Å²) in [4.78, 5) is 24.5. The minimum atomic E-state index is -0.701. The first-order chi connectivity index (χ1) is 8.64. The molecule has 0 aliphatic heterocycles. The third-order valence-electron chi connectivity index (χ3n) is 3.02. The number of thiol groups is 1. The molecule has 0 rings (SSSR count). The van der Waals surface area contributed by atoms with E-state index in [2.05, 4.69) is 17.9 Å². The first kappa shape index (κ1) is 19.7. The van der Waals surface area contributed by atoms with Gasteiger partial charge in [0.15, 0.2) is 5.78 Å². The first-order valence-corrected chi connectivity index (χ1v) is 7.67. The lowest BCUT2D eigenvalue weighted by atomic mass is 9.85. The average Bonchev–Trinajstić information content (AvgIpc) is 2.18. The minimum absolute atomic E-state index is 0.0393. The van der Waals surface area contributed by atoms with E-state index in [4.69, 9.17) is 0 Å². The van der Waals surface area contributed by atoms with E-state index in [1.54, 1.807) is 13.8 Å². The second-order valence-corrected chi connectivity index (χ2v) is 9.20. The van der Waals surface area contributed by atoms with E-state index in [9.17, 15) is 9.59 Å². The van der Waals surface area contributed by atoms with Crippen LogP contribution in [0.4, 0.5) is 0 Å². The molecule has 0 saturated heterocycles. The SMILES string of the molecule is CC(C)(C)N[C@@H](CCC(=O)C(C)(C)C)C(=O)C(C)(C)S. The molecule has 0 heterocycles. The van der Waals surface area contributed by atoms with Gasteiger partial charge in [0, 0.05) is 17.4 Å². The lowest BCUT2D eigenvalue weighted by molar-refractivity contribution is -0.127. The van der Waals surface area contributed by atoms with Gasteiger partial charge in [0.2, 0.25) is 0 Å². The van der Waals surface area contributed by atoms with Gasteiger partial charge < -0.3 is 5.32 Å². The molecule has 20 heavy (non-hydrogen) atoms. The van der Waals surface area contributed by atoms with Crippen LogP contribution in [0.2, 0.25) is 0 Å². The van der Waals surface area contributed by atoms with E-state index >= 15 is 0 Å². The van der Waals surface area contributed by atoms with Gasteiger partial charge in [0.1, 0.15) is 5.78 Å². The third-order valence-corrected chi connectivity index (χ3v) is 3.24. The highest BCUT2D eigenvalue weighted by Gasteiger charge is 2.33. The van der Waals surface area contributed by atoms with Gasteiger partial charge in [0.05, 0.1) is 10.8 Å². The molecule has 4 heteroatoms. The molecule has 0 radical (unpaired) electrons. The third kappa shape index (κ3) is 7.44. The van der Waals surface area contributed by atoms with Crippen LogP contribution >= 0.6 is 12.6 Å². The second-order valence-electron chi connectivity index (χ2n) is 8.08. The lowest BCUT2D eigenvalue weighted by Gasteiger charge is -2.31. The van der Waals surface area contributed by atoms with Crippen molar-refractivity contribution in [3.63, 3.8) is 0 Å². The molecule has 0 aliphatic carbocycles. The minimum Gasteiger partial charge on any atom is -0.303 e. The zero-order chi connectivity index (χ0) is 16.4. The second kappa shape index (κ2) is 6.61. The number of hydrogen-bond acceptors (Lipinski definition) is 4. The van der Waals surface area contributed by atoms with Crippen molar-refractivity contribution in [3.05, 3.63) is 0 Å². The Morgan fingerprint density at radius 2 is 1.45 bits per heavy atom. The van der Waals surface area contributed by atoms with Crippen LogP contribution in [0.15, 0.2) is 0 Å². The highest BCUT2D eigenvalue weighted by molar-refractivity contribution is 7.82. The van der Waals surface area contributed by atoms with Crippen molar-refractivity contribution in [1.82, 2.24) is 5.32 Å². The van der Waals surface area contributed by atoms with Crippen molar-refractivity contribution in [2.75, 3.05) is 0 Å². The molecule has 1 atom stereocenters. The Hall–Kier alpha value is -0.350.